The van der Waals surface area contributed by atoms with Crippen LogP contribution in [0.5, 0.6) is 0 Å². The molecular formula is C26H25ClN4O4S. The van der Waals surface area contributed by atoms with Crippen LogP contribution < -0.4 is 5.32 Å². The van der Waals surface area contributed by atoms with Crippen LogP contribution in [0.2, 0.25) is 5.02 Å². The molecule has 4 aliphatic rings. The normalized spacial score (nSPS) is 26.5. The van der Waals surface area contributed by atoms with Gasteiger partial charge in [0, 0.05) is 35.0 Å². The number of piperidine rings is 1. The zero-order valence-corrected chi connectivity index (χ0v) is 21.3. The second-order valence-corrected chi connectivity index (χ2v) is 11.9. The average molecular weight is 525 g/mol. The van der Waals surface area contributed by atoms with Gasteiger partial charge in [-0.3, -0.25) is 14.5 Å². The Morgan fingerprint density at radius 2 is 2.00 bits per heavy atom. The van der Waals surface area contributed by atoms with Gasteiger partial charge >= 0.3 is 0 Å². The number of carbonyl (C=O) groups excluding carboxylic acids is 2. The third-order valence-electron chi connectivity index (χ3n) is 7.72. The molecule has 1 aliphatic carbocycles. The summed E-state index contributed by atoms with van der Waals surface area (Å²) in [6, 6.07) is 5.90. The predicted molar refractivity (Wildman–Crippen MR) is 135 cm³/mol. The summed E-state index contributed by atoms with van der Waals surface area (Å²) in [6.45, 7) is 5.18. The lowest BCUT2D eigenvalue weighted by atomic mass is 9.92. The number of likely N-dealkylation sites (tertiary alicyclic amines) is 1. The standard InChI is InChI=1S/C26H25ClN4O4S/c1-13-2-14(27)3-18(17(13)4-15-7-28-9-26(35-15)10-34-11-26)22-23-21(29-12-30-22)5-16(36-23)8-31-24(32)19-6-20(19)25(31)33/h2-3,5,12,15,19-20,28H,4,6-11H2,1H3. The third kappa shape index (κ3) is 3.68. The van der Waals surface area contributed by atoms with Crippen molar-refractivity contribution in [1.82, 2.24) is 20.2 Å². The molecule has 1 saturated carbocycles. The monoisotopic (exact) mass is 524 g/mol. The van der Waals surface area contributed by atoms with Crippen LogP contribution in [0.25, 0.3) is 21.5 Å². The van der Waals surface area contributed by atoms with Crippen molar-refractivity contribution >= 4 is 45.0 Å². The van der Waals surface area contributed by atoms with E-state index in [1.54, 1.807) is 6.33 Å². The van der Waals surface area contributed by atoms with Crippen molar-refractivity contribution in [2.45, 2.75) is 38.0 Å². The first-order valence-electron chi connectivity index (χ1n) is 12.3. The topological polar surface area (TPSA) is 93.7 Å². The number of imide groups is 1. The molecule has 3 atom stereocenters. The summed E-state index contributed by atoms with van der Waals surface area (Å²) < 4.78 is 12.8. The van der Waals surface area contributed by atoms with Gasteiger partial charge in [-0.2, -0.15) is 0 Å². The van der Waals surface area contributed by atoms with Crippen LogP contribution in [0.3, 0.4) is 0 Å². The lowest BCUT2D eigenvalue weighted by Crippen LogP contribution is -2.64. The number of morpholine rings is 1. The molecule has 186 valence electrons. The lowest BCUT2D eigenvalue weighted by molar-refractivity contribution is -0.240. The van der Waals surface area contributed by atoms with Crippen LogP contribution >= 0.6 is 22.9 Å². The number of halogens is 1. The number of aryl methyl sites for hydroxylation is 1. The summed E-state index contributed by atoms with van der Waals surface area (Å²) in [5.74, 6) is -0.280. The fraction of sp³-hybridized carbons (Fsp3) is 0.462. The summed E-state index contributed by atoms with van der Waals surface area (Å²) in [7, 11) is 0. The quantitative estimate of drug-likeness (QED) is 0.512. The molecule has 5 heterocycles. The van der Waals surface area contributed by atoms with Crippen molar-refractivity contribution in [3.05, 3.63) is 45.6 Å². The molecule has 3 unspecified atom stereocenters. The number of nitrogens with zero attached hydrogens (tertiary/aromatic N) is 3. The maximum atomic E-state index is 12.5. The molecule has 3 aliphatic heterocycles. The number of rotatable bonds is 5. The SMILES string of the molecule is Cc1cc(Cl)cc(-c2ncnc3cc(CN4C(=O)C5CC5C4=O)sc23)c1CC1CNCC2(COC2)O1. The van der Waals surface area contributed by atoms with E-state index in [4.69, 9.17) is 21.1 Å². The average Bonchev–Trinajstić information content (AvgIpc) is 3.48. The van der Waals surface area contributed by atoms with Gasteiger partial charge < -0.3 is 14.8 Å². The summed E-state index contributed by atoms with van der Waals surface area (Å²) in [4.78, 5) is 36.5. The molecule has 3 saturated heterocycles. The zero-order chi connectivity index (χ0) is 24.6. The summed E-state index contributed by atoms with van der Waals surface area (Å²) in [6.07, 6.45) is 3.00. The number of amides is 2. The van der Waals surface area contributed by atoms with Gasteiger partial charge in [0.1, 0.15) is 11.9 Å². The fourth-order valence-electron chi connectivity index (χ4n) is 5.73. The van der Waals surface area contributed by atoms with Crippen molar-refractivity contribution in [1.29, 1.82) is 0 Å². The highest BCUT2D eigenvalue weighted by atomic mass is 35.5. The Bertz CT molecular complexity index is 1400. The van der Waals surface area contributed by atoms with Crippen molar-refractivity contribution in [3.8, 4) is 11.3 Å². The van der Waals surface area contributed by atoms with E-state index < -0.39 is 0 Å². The molecule has 1 spiro atoms. The van der Waals surface area contributed by atoms with Crippen molar-refractivity contribution in [2.75, 3.05) is 26.3 Å². The van der Waals surface area contributed by atoms with Crippen molar-refractivity contribution in [2.24, 2.45) is 11.8 Å². The summed E-state index contributed by atoms with van der Waals surface area (Å²) in [5.41, 5.74) is 4.57. The smallest absolute Gasteiger partial charge is 0.233 e. The minimum absolute atomic E-state index is 0.0103. The summed E-state index contributed by atoms with van der Waals surface area (Å²) >= 11 is 8.06. The second kappa shape index (κ2) is 8.29. The van der Waals surface area contributed by atoms with Gasteiger partial charge in [0.25, 0.3) is 0 Å². The molecular weight excluding hydrogens is 500 g/mol. The van der Waals surface area contributed by atoms with Crippen LogP contribution in [0.15, 0.2) is 24.5 Å². The Hall–Kier alpha value is -2.43. The van der Waals surface area contributed by atoms with E-state index in [2.05, 4.69) is 22.2 Å². The Morgan fingerprint density at radius 1 is 1.19 bits per heavy atom. The van der Waals surface area contributed by atoms with Crippen LogP contribution in [0.1, 0.15) is 22.4 Å². The van der Waals surface area contributed by atoms with E-state index in [1.165, 1.54) is 16.2 Å². The fourth-order valence-corrected chi connectivity index (χ4v) is 7.10. The van der Waals surface area contributed by atoms with E-state index in [0.29, 0.717) is 24.7 Å². The summed E-state index contributed by atoms with van der Waals surface area (Å²) in [5, 5.41) is 4.15. The van der Waals surface area contributed by atoms with Crippen molar-refractivity contribution < 1.29 is 19.1 Å². The number of hydrogen-bond acceptors (Lipinski definition) is 8. The lowest BCUT2D eigenvalue weighted by Gasteiger charge is -2.47. The van der Waals surface area contributed by atoms with E-state index >= 15 is 0 Å². The molecule has 1 N–H and O–H groups in total. The first-order valence-corrected chi connectivity index (χ1v) is 13.4. The molecule has 1 aromatic carbocycles. The van der Waals surface area contributed by atoms with E-state index in [-0.39, 0.29) is 41.9 Å². The zero-order valence-electron chi connectivity index (χ0n) is 19.8. The minimum atomic E-state index is -0.223. The number of carbonyl (C=O) groups is 2. The maximum absolute atomic E-state index is 12.5. The number of fused-ring (bicyclic) bond motifs is 2. The minimum Gasteiger partial charge on any atom is -0.375 e. The molecule has 7 rings (SSSR count). The Kier molecular flexibility index (Phi) is 5.24. The van der Waals surface area contributed by atoms with E-state index in [0.717, 1.165) is 57.0 Å². The molecule has 4 fully saturated rings. The number of ether oxygens (including phenoxy) is 2. The van der Waals surface area contributed by atoms with E-state index in [1.807, 2.05) is 18.2 Å². The Morgan fingerprint density at radius 3 is 2.75 bits per heavy atom. The molecule has 0 radical (unpaired) electrons. The number of benzene rings is 1. The van der Waals surface area contributed by atoms with Gasteiger partial charge in [-0.15, -0.1) is 11.3 Å². The van der Waals surface area contributed by atoms with Gasteiger partial charge in [0.15, 0.2) is 0 Å². The first-order chi connectivity index (χ1) is 17.4. The molecule has 2 amide bonds. The van der Waals surface area contributed by atoms with Crippen LogP contribution in [0.4, 0.5) is 0 Å². The van der Waals surface area contributed by atoms with Crippen LogP contribution in [0, 0.1) is 18.8 Å². The molecule has 36 heavy (non-hydrogen) atoms. The molecule has 10 heteroatoms. The Balaban J connectivity index is 1.23. The highest BCUT2D eigenvalue weighted by molar-refractivity contribution is 7.19. The highest BCUT2D eigenvalue weighted by Crippen LogP contribution is 2.48. The van der Waals surface area contributed by atoms with Gasteiger partial charge in [0.05, 0.1) is 53.6 Å². The van der Waals surface area contributed by atoms with Gasteiger partial charge in [-0.25, -0.2) is 9.97 Å². The largest absolute Gasteiger partial charge is 0.375 e. The van der Waals surface area contributed by atoms with Crippen LogP contribution in [-0.4, -0.2) is 64.7 Å². The number of aromatic nitrogens is 2. The molecule has 3 aromatic rings. The highest BCUT2D eigenvalue weighted by Gasteiger charge is 2.58. The predicted octanol–water partition coefficient (Wildman–Crippen LogP) is 3.12. The second-order valence-electron chi connectivity index (χ2n) is 10.4. The first kappa shape index (κ1) is 22.7. The van der Waals surface area contributed by atoms with Crippen LogP contribution in [-0.2, 0) is 32.0 Å². The van der Waals surface area contributed by atoms with Gasteiger partial charge in [0.2, 0.25) is 11.8 Å². The Labute approximate surface area is 216 Å². The molecule has 2 aromatic heterocycles. The molecule has 8 nitrogen and oxygen atoms in total. The third-order valence-corrected chi connectivity index (χ3v) is 9.06. The van der Waals surface area contributed by atoms with Gasteiger partial charge in [-0.05, 0) is 42.7 Å². The van der Waals surface area contributed by atoms with Crippen molar-refractivity contribution in [3.63, 3.8) is 0 Å². The maximum Gasteiger partial charge on any atom is 0.233 e. The number of nitrogens with one attached hydrogen (secondary N) is 1. The van der Waals surface area contributed by atoms with E-state index in [9.17, 15) is 9.59 Å². The number of hydrogen-bond donors (Lipinski definition) is 1. The van der Waals surface area contributed by atoms with Gasteiger partial charge in [-0.1, -0.05) is 11.6 Å². The molecule has 0 bridgehead atoms. The number of thiophene rings is 1.